The van der Waals surface area contributed by atoms with Crippen LogP contribution < -0.4 is 5.32 Å². The molecule has 2 aromatic carbocycles. The van der Waals surface area contributed by atoms with Crippen molar-refractivity contribution >= 4 is 22.9 Å². The van der Waals surface area contributed by atoms with Gasteiger partial charge in [-0.3, -0.25) is 4.79 Å². The molecule has 3 nitrogen and oxygen atoms in total. The number of anilines is 1. The first-order chi connectivity index (χ1) is 13.1. The van der Waals surface area contributed by atoms with Crippen LogP contribution in [0.25, 0.3) is 16.8 Å². The van der Waals surface area contributed by atoms with E-state index in [4.69, 9.17) is 0 Å². The highest BCUT2D eigenvalue weighted by molar-refractivity contribution is 7.13. The summed E-state index contributed by atoms with van der Waals surface area (Å²) in [7, 11) is 0. The SMILES string of the molecule is Cc1cccc(-c2csc(C(=O)Nc3ccc(F)cc3)c2-n2cccc2)c1. The summed E-state index contributed by atoms with van der Waals surface area (Å²) in [5, 5.41) is 4.86. The minimum absolute atomic E-state index is 0.214. The molecule has 0 saturated heterocycles. The van der Waals surface area contributed by atoms with Crippen molar-refractivity contribution in [3.8, 4) is 16.8 Å². The lowest BCUT2D eigenvalue weighted by Gasteiger charge is -2.10. The number of thiophene rings is 1. The van der Waals surface area contributed by atoms with Gasteiger partial charge in [0, 0.05) is 29.0 Å². The molecule has 0 bridgehead atoms. The largest absolute Gasteiger partial charge is 0.322 e. The van der Waals surface area contributed by atoms with Gasteiger partial charge in [0.1, 0.15) is 10.7 Å². The molecule has 134 valence electrons. The van der Waals surface area contributed by atoms with Crippen LogP contribution in [-0.2, 0) is 0 Å². The van der Waals surface area contributed by atoms with Crippen molar-refractivity contribution in [2.24, 2.45) is 0 Å². The van der Waals surface area contributed by atoms with Crippen LogP contribution in [-0.4, -0.2) is 10.5 Å². The number of hydrogen-bond acceptors (Lipinski definition) is 2. The summed E-state index contributed by atoms with van der Waals surface area (Å²) >= 11 is 1.40. The maximum absolute atomic E-state index is 13.1. The number of carbonyl (C=O) groups is 1. The van der Waals surface area contributed by atoms with E-state index in [1.807, 2.05) is 59.6 Å². The fraction of sp³-hybridized carbons (Fsp3) is 0.0455. The number of halogens is 1. The number of amides is 1. The number of carbonyl (C=O) groups excluding carboxylic acids is 1. The van der Waals surface area contributed by atoms with Gasteiger partial charge in [-0.25, -0.2) is 4.39 Å². The van der Waals surface area contributed by atoms with Gasteiger partial charge in [-0.1, -0.05) is 29.8 Å². The fourth-order valence-electron chi connectivity index (χ4n) is 2.99. The van der Waals surface area contributed by atoms with Crippen molar-refractivity contribution in [3.63, 3.8) is 0 Å². The molecule has 0 fully saturated rings. The summed E-state index contributed by atoms with van der Waals surface area (Å²) in [6, 6.07) is 17.8. The molecule has 0 unspecified atom stereocenters. The van der Waals surface area contributed by atoms with E-state index in [9.17, 15) is 9.18 Å². The number of aromatic nitrogens is 1. The molecule has 0 aliphatic heterocycles. The molecule has 0 saturated carbocycles. The third kappa shape index (κ3) is 3.55. The van der Waals surface area contributed by atoms with Gasteiger partial charge in [0.2, 0.25) is 0 Å². The van der Waals surface area contributed by atoms with Crippen LogP contribution in [0, 0.1) is 12.7 Å². The lowest BCUT2D eigenvalue weighted by molar-refractivity contribution is 0.103. The zero-order chi connectivity index (χ0) is 18.8. The van der Waals surface area contributed by atoms with E-state index in [0.717, 1.165) is 22.4 Å². The first-order valence-corrected chi connectivity index (χ1v) is 9.38. The quantitative estimate of drug-likeness (QED) is 0.472. The Morgan fingerprint density at radius 2 is 1.78 bits per heavy atom. The lowest BCUT2D eigenvalue weighted by atomic mass is 10.0. The Bertz CT molecular complexity index is 1080. The second kappa shape index (κ2) is 7.21. The van der Waals surface area contributed by atoms with E-state index in [1.54, 1.807) is 12.1 Å². The highest BCUT2D eigenvalue weighted by Gasteiger charge is 2.20. The molecule has 0 aliphatic rings. The van der Waals surface area contributed by atoms with E-state index in [2.05, 4.69) is 11.4 Å². The van der Waals surface area contributed by atoms with Gasteiger partial charge >= 0.3 is 0 Å². The molecule has 1 amide bonds. The molecule has 0 radical (unpaired) electrons. The summed E-state index contributed by atoms with van der Waals surface area (Å²) in [4.78, 5) is 13.5. The minimum atomic E-state index is -0.334. The van der Waals surface area contributed by atoms with Crippen LogP contribution in [0.3, 0.4) is 0 Å². The summed E-state index contributed by atoms with van der Waals surface area (Å²) < 4.78 is 15.1. The highest BCUT2D eigenvalue weighted by Crippen LogP contribution is 2.35. The summed E-state index contributed by atoms with van der Waals surface area (Å²) in [5.41, 5.74) is 4.63. The Kier molecular flexibility index (Phi) is 4.60. The second-order valence-corrected chi connectivity index (χ2v) is 7.13. The van der Waals surface area contributed by atoms with Gasteiger partial charge in [-0.2, -0.15) is 0 Å². The number of benzene rings is 2. The maximum Gasteiger partial charge on any atom is 0.267 e. The van der Waals surface area contributed by atoms with Crippen LogP contribution in [0.2, 0.25) is 0 Å². The summed E-state index contributed by atoms with van der Waals surface area (Å²) in [6.07, 6.45) is 3.85. The standard InChI is InChI=1S/C22H17FN2OS/c1-15-5-4-6-16(13-15)19-14-27-21(20(19)25-11-2-3-12-25)22(26)24-18-9-7-17(23)8-10-18/h2-14H,1H3,(H,24,26). The predicted molar refractivity (Wildman–Crippen MR) is 108 cm³/mol. The van der Waals surface area contributed by atoms with Gasteiger partial charge in [-0.05, 0) is 48.9 Å². The summed E-state index contributed by atoms with van der Waals surface area (Å²) in [6.45, 7) is 2.05. The number of nitrogens with one attached hydrogen (secondary N) is 1. The van der Waals surface area contributed by atoms with Gasteiger partial charge < -0.3 is 9.88 Å². The first kappa shape index (κ1) is 17.2. The monoisotopic (exact) mass is 376 g/mol. The number of rotatable bonds is 4. The average Bonchev–Trinajstić information content (AvgIpc) is 3.32. The van der Waals surface area contributed by atoms with Crippen molar-refractivity contribution in [1.82, 2.24) is 4.57 Å². The smallest absolute Gasteiger partial charge is 0.267 e. The first-order valence-electron chi connectivity index (χ1n) is 8.50. The molecule has 4 aromatic rings. The minimum Gasteiger partial charge on any atom is -0.322 e. The Labute approximate surface area is 160 Å². The molecule has 4 rings (SSSR count). The summed E-state index contributed by atoms with van der Waals surface area (Å²) in [5.74, 6) is -0.548. The normalized spacial score (nSPS) is 10.7. The molecule has 0 spiro atoms. The van der Waals surface area contributed by atoms with Crippen LogP contribution >= 0.6 is 11.3 Å². The molecule has 1 N–H and O–H groups in total. The third-order valence-electron chi connectivity index (χ3n) is 4.26. The molecule has 27 heavy (non-hydrogen) atoms. The second-order valence-electron chi connectivity index (χ2n) is 6.25. The topological polar surface area (TPSA) is 34.0 Å². The van der Waals surface area contributed by atoms with E-state index in [-0.39, 0.29) is 11.7 Å². The van der Waals surface area contributed by atoms with Crippen molar-refractivity contribution in [3.05, 3.63) is 94.7 Å². The van der Waals surface area contributed by atoms with E-state index in [1.165, 1.54) is 23.5 Å². The fourth-order valence-corrected chi connectivity index (χ4v) is 3.96. The van der Waals surface area contributed by atoms with Gasteiger partial charge in [0.05, 0.1) is 5.69 Å². The van der Waals surface area contributed by atoms with Crippen LogP contribution in [0.1, 0.15) is 15.2 Å². The van der Waals surface area contributed by atoms with E-state index >= 15 is 0 Å². The molecule has 2 heterocycles. The van der Waals surface area contributed by atoms with Crippen LogP contribution in [0.4, 0.5) is 10.1 Å². The number of aryl methyl sites for hydroxylation is 1. The molecule has 2 aromatic heterocycles. The zero-order valence-corrected chi connectivity index (χ0v) is 15.5. The van der Waals surface area contributed by atoms with Crippen LogP contribution in [0.5, 0.6) is 0 Å². The zero-order valence-electron chi connectivity index (χ0n) is 14.6. The van der Waals surface area contributed by atoms with E-state index in [0.29, 0.717) is 10.6 Å². The van der Waals surface area contributed by atoms with Crippen LogP contribution in [0.15, 0.2) is 78.4 Å². The Hall–Kier alpha value is -3.18. The Morgan fingerprint density at radius 1 is 1.04 bits per heavy atom. The predicted octanol–water partition coefficient (Wildman–Crippen LogP) is 5.91. The molecular formula is C22H17FN2OS. The van der Waals surface area contributed by atoms with Crippen molar-refractivity contribution in [2.75, 3.05) is 5.32 Å². The molecule has 5 heteroatoms. The van der Waals surface area contributed by atoms with E-state index < -0.39 is 0 Å². The van der Waals surface area contributed by atoms with Gasteiger partial charge in [-0.15, -0.1) is 11.3 Å². The van der Waals surface area contributed by atoms with Crippen molar-refractivity contribution in [2.45, 2.75) is 6.92 Å². The average molecular weight is 376 g/mol. The molecule has 0 aliphatic carbocycles. The maximum atomic E-state index is 13.1. The number of hydrogen-bond donors (Lipinski definition) is 1. The van der Waals surface area contributed by atoms with Gasteiger partial charge in [0.25, 0.3) is 5.91 Å². The van der Waals surface area contributed by atoms with Crippen molar-refractivity contribution < 1.29 is 9.18 Å². The molecule has 0 atom stereocenters. The third-order valence-corrected chi connectivity index (χ3v) is 5.23. The Morgan fingerprint density at radius 3 is 2.48 bits per heavy atom. The Balaban J connectivity index is 1.77. The van der Waals surface area contributed by atoms with Crippen molar-refractivity contribution in [1.29, 1.82) is 0 Å². The number of nitrogens with zero attached hydrogens (tertiary/aromatic N) is 1. The van der Waals surface area contributed by atoms with Gasteiger partial charge in [0.15, 0.2) is 0 Å². The molecular weight excluding hydrogens is 359 g/mol. The lowest BCUT2D eigenvalue weighted by Crippen LogP contribution is -2.13. The highest BCUT2D eigenvalue weighted by atomic mass is 32.1.